The van der Waals surface area contributed by atoms with Gasteiger partial charge < -0.3 is 19.3 Å². The molecule has 0 spiro atoms. The maximum atomic E-state index is 13.1. The molecule has 1 aliphatic rings. The van der Waals surface area contributed by atoms with E-state index in [1.165, 1.54) is 0 Å². The number of amides is 1. The molecule has 0 N–H and O–H groups in total. The summed E-state index contributed by atoms with van der Waals surface area (Å²) in [6.07, 6.45) is 0. The number of rotatable bonds is 6. The summed E-state index contributed by atoms with van der Waals surface area (Å²) in [6, 6.07) is 9.32. The summed E-state index contributed by atoms with van der Waals surface area (Å²) >= 11 is 7.97. The van der Waals surface area contributed by atoms with E-state index in [1.807, 2.05) is 43.9 Å². The molecule has 164 valence electrons. The molecule has 0 atom stereocenters. The number of aromatic nitrogens is 1. The average Bonchev–Trinajstić information content (AvgIpc) is 3.24. The fourth-order valence-corrected chi connectivity index (χ4v) is 5.06. The number of fused-ring (bicyclic) bond motifs is 1. The molecule has 0 aliphatic carbocycles. The molecule has 6 nitrogen and oxygen atoms in total. The highest BCUT2D eigenvalue weighted by Gasteiger charge is 2.25. The van der Waals surface area contributed by atoms with Crippen LogP contribution < -0.4 is 14.4 Å². The van der Waals surface area contributed by atoms with Crippen LogP contribution in [-0.2, 0) is 0 Å². The van der Waals surface area contributed by atoms with Crippen LogP contribution in [0.1, 0.15) is 29.8 Å². The molecule has 31 heavy (non-hydrogen) atoms. The van der Waals surface area contributed by atoms with Gasteiger partial charge in [-0.05, 0) is 50.6 Å². The van der Waals surface area contributed by atoms with Crippen molar-refractivity contribution < 1.29 is 14.3 Å². The minimum absolute atomic E-state index is 0.00633. The zero-order valence-electron chi connectivity index (χ0n) is 18.0. The summed E-state index contributed by atoms with van der Waals surface area (Å²) in [5.41, 5.74) is 2.70. The van der Waals surface area contributed by atoms with Crippen molar-refractivity contribution in [2.45, 2.75) is 20.8 Å². The number of aryl methyl sites for hydroxylation is 1. The minimum atomic E-state index is 0.00633. The van der Waals surface area contributed by atoms with Crippen molar-refractivity contribution in [2.75, 3.05) is 44.3 Å². The number of ether oxygens (including phenoxy) is 2. The summed E-state index contributed by atoms with van der Waals surface area (Å²) in [6.45, 7) is 9.70. The van der Waals surface area contributed by atoms with E-state index in [2.05, 4.69) is 4.90 Å². The van der Waals surface area contributed by atoms with E-state index in [0.29, 0.717) is 43.4 Å². The Morgan fingerprint density at radius 2 is 1.77 bits per heavy atom. The summed E-state index contributed by atoms with van der Waals surface area (Å²) in [4.78, 5) is 22.0. The van der Waals surface area contributed by atoms with E-state index in [0.717, 1.165) is 39.0 Å². The van der Waals surface area contributed by atoms with Gasteiger partial charge in [-0.1, -0.05) is 29.0 Å². The third kappa shape index (κ3) is 4.43. The van der Waals surface area contributed by atoms with Crippen molar-refractivity contribution in [2.24, 2.45) is 0 Å². The molecular formula is C23H26ClN3O3S. The van der Waals surface area contributed by atoms with Crippen molar-refractivity contribution >= 4 is 44.2 Å². The second-order valence-corrected chi connectivity index (χ2v) is 8.73. The van der Waals surface area contributed by atoms with Gasteiger partial charge >= 0.3 is 0 Å². The molecule has 0 radical (unpaired) electrons. The van der Waals surface area contributed by atoms with Crippen molar-refractivity contribution in [3.8, 4) is 11.5 Å². The molecule has 0 saturated carbocycles. The lowest BCUT2D eigenvalue weighted by molar-refractivity contribution is 0.0746. The summed E-state index contributed by atoms with van der Waals surface area (Å²) in [5.74, 6) is 1.28. The van der Waals surface area contributed by atoms with Gasteiger partial charge in [-0.3, -0.25) is 4.79 Å². The van der Waals surface area contributed by atoms with Gasteiger partial charge in [-0.2, -0.15) is 0 Å². The van der Waals surface area contributed by atoms with E-state index in [-0.39, 0.29) is 5.91 Å². The van der Waals surface area contributed by atoms with Crippen LogP contribution in [0.2, 0.25) is 5.02 Å². The van der Waals surface area contributed by atoms with Gasteiger partial charge in [-0.25, -0.2) is 4.98 Å². The second kappa shape index (κ2) is 9.32. The predicted octanol–water partition coefficient (Wildman–Crippen LogP) is 5.02. The van der Waals surface area contributed by atoms with Gasteiger partial charge in [0.2, 0.25) is 0 Å². The van der Waals surface area contributed by atoms with Crippen LogP contribution in [0.25, 0.3) is 10.2 Å². The number of benzene rings is 2. The van der Waals surface area contributed by atoms with Crippen LogP contribution in [0.4, 0.5) is 5.13 Å². The van der Waals surface area contributed by atoms with Gasteiger partial charge in [0.25, 0.3) is 5.91 Å². The fourth-order valence-electron chi connectivity index (χ4n) is 3.69. The molecule has 2 aromatic carbocycles. The van der Waals surface area contributed by atoms with Crippen LogP contribution in [0.5, 0.6) is 11.5 Å². The zero-order valence-corrected chi connectivity index (χ0v) is 19.6. The number of hydrogen-bond donors (Lipinski definition) is 0. The molecule has 8 heteroatoms. The first-order chi connectivity index (χ1) is 15.0. The molecule has 1 fully saturated rings. The lowest BCUT2D eigenvalue weighted by Gasteiger charge is -2.34. The van der Waals surface area contributed by atoms with Crippen LogP contribution in [0.3, 0.4) is 0 Å². The van der Waals surface area contributed by atoms with Crippen LogP contribution in [0, 0.1) is 6.92 Å². The van der Waals surface area contributed by atoms with Gasteiger partial charge in [0.05, 0.1) is 28.5 Å². The molecule has 1 aromatic heterocycles. The molecule has 0 bridgehead atoms. The quantitative estimate of drug-likeness (QED) is 0.518. The number of carbonyl (C=O) groups is 1. The molecule has 1 saturated heterocycles. The number of anilines is 1. The van der Waals surface area contributed by atoms with Gasteiger partial charge in [0.1, 0.15) is 0 Å². The van der Waals surface area contributed by atoms with E-state index in [1.54, 1.807) is 23.5 Å². The summed E-state index contributed by atoms with van der Waals surface area (Å²) < 4.78 is 12.3. The minimum Gasteiger partial charge on any atom is -0.490 e. The number of halogens is 1. The molecule has 1 amide bonds. The van der Waals surface area contributed by atoms with E-state index >= 15 is 0 Å². The molecule has 1 aliphatic heterocycles. The Kier molecular flexibility index (Phi) is 6.53. The van der Waals surface area contributed by atoms with Crippen molar-refractivity contribution in [3.05, 3.63) is 46.5 Å². The molecular weight excluding hydrogens is 434 g/mol. The van der Waals surface area contributed by atoms with E-state index < -0.39 is 0 Å². The summed E-state index contributed by atoms with van der Waals surface area (Å²) in [7, 11) is 0. The average molecular weight is 460 g/mol. The fraction of sp³-hybridized carbons (Fsp3) is 0.391. The second-order valence-electron chi connectivity index (χ2n) is 7.35. The molecule has 4 rings (SSSR count). The largest absolute Gasteiger partial charge is 0.490 e. The number of piperazine rings is 1. The molecule has 2 heterocycles. The van der Waals surface area contributed by atoms with Gasteiger partial charge in [0, 0.05) is 31.7 Å². The lowest BCUT2D eigenvalue weighted by atomic mass is 10.1. The molecule has 3 aromatic rings. The normalized spacial score (nSPS) is 14.2. The highest BCUT2D eigenvalue weighted by atomic mass is 35.5. The Labute approximate surface area is 191 Å². The predicted molar refractivity (Wildman–Crippen MR) is 126 cm³/mol. The Morgan fingerprint density at radius 3 is 2.45 bits per heavy atom. The third-order valence-electron chi connectivity index (χ3n) is 5.31. The van der Waals surface area contributed by atoms with Crippen molar-refractivity contribution in [1.29, 1.82) is 0 Å². The highest BCUT2D eigenvalue weighted by Crippen LogP contribution is 2.36. The first-order valence-electron chi connectivity index (χ1n) is 10.5. The Balaban J connectivity index is 1.46. The van der Waals surface area contributed by atoms with Crippen molar-refractivity contribution in [1.82, 2.24) is 9.88 Å². The lowest BCUT2D eigenvalue weighted by Crippen LogP contribution is -2.48. The van der Waals surface area contributed by atoms with Crippen LogP contribution in [0.15, 0.2) is 30.3 Å². The van der Waals surface area contributed by atoms with Gasteiger partial charge in [0.15, 0.2) is 16.6 Å². The van der Waals surface area contributed by atoms with Crippen LogP contribution >= 0.6 is 22.9 Å². The standard InChI is InChI=1S/C23H26ClN3O3S/c1-4-29-18-9-7-16(14-19(18)30-5-2)22(28)26-10-12-27(13-11-26)23-25-20-15(3)6-8-17(24)21(20)31-23/h6-9,14H,4-5,10-13H2,1-3H3. The Bertz CT molecular complexity index is 1050. The maximum Gasteiger partial charge on any atom is 0.254 e. The highest BCUT2D eigenvalue weighted by molar-refractivity contribution is 7.22. The monoisotopic (exact) mass is 459 g/mol. The third-order valence-corrected chi connectivity index (χ3v) is 6.89. The summed E-state index contributed by atoms with van der Waals surface area (Å²) in [5, 5.41) is 1.69. The zero-order chi connectivity index (χ0) is 22.0. The smallest absolute Gasteiger partial charge is 0.254 e. The van der Waals surface area contributed by atoms with Gasteiger partial charge in [-0.15, -0.1) is 0 Å². The number of hydrogen-bond acceptors (Lipinski definition) is 6. The van der Waals surface area contributed by atoms with Crippen LogP contribution in [-0.4, -0.2) is 55.2 Å². The molecule has 0 unspecified atom stereocenters. The first-order valence-corrected chi connectivity index (χ1v) is 11.7. The number of carbonyl (C=O) groups excluding carboxylic acids is 1. The topological polar surface area (TPSA) is 54.9 Å². The number of thiazole rings is 1. The first kappa shape index (κ1) is 21.7. The Morgan fingerprint density at radius 1 is 1.06 bits per heavy atom. The van der Waals surface area contributed by atoms with E-state index in [9.17, 15) is 4.79 Å². The Hall–Kier alpha value is -2.51. The maximum absolute atomic E-state index is 13.1. The van der Waals surface area contributed by atoms with E-state index in [4.69, 9.17) is 26.1 Å². The van der Waals surface area contributed by atoms with Crippen molar-refractivity contribution in [3.63, 3.8) is 0 Å². The SMILES string of the molecule is CCOc1ccc(C(=O)N2CCN(c3nc4c(C)ccc(Cl)c4s3)CC2)cc1OCC. The number of nitrogens with zero attached hydrogens (tertiary/aromatic N) is 3.